The Labute approximate surface area is 116 Å². The van der Waals surface area contributed by atoms with E-state index in [1.807, 2.05) is 6.92 Å². The number of carbonyl (C=O) groups is 2. The molecule has 2 amide bonds. The molecule has 0 spiro atoms. The highest BCUT2D eigenvalue weighted by atomic mass is 16.5. The molecule has 0 bridgehead atoms. The average molecular weight is 278 g/mol. The van der Waals surface area contributed by atoms with Gasteiger partial charge in [-0.15, -0.1) is 0 Å². The van der Waals surface area contributed by atoms with E-state index in [0.717, 1.165) is 12.8 Å². The van der Waals surface area contributed by atoms with Crippen molar-refractivity contribution in [2.24, 2.45) is 0 Å². The van der Waals surface area contributed by atoms with Crippen LogP contribution in [0.15, 0.2) is 4.52 Å². The first kappa shape index (κ1) is 13.1. The van der Waals surface area contributed by atoms with Crippen molar-refractivity contribution < 1.29 is 14.1 Å². The van der Waals surface area contributed by atoms with Crippen LogP contribution in [0.2, 0.25) is 0 Å². The Hall–Kier alpha value is -1.92. The molecular weight excluding hydrogens is 260 g/mol. The van der Waals surface area contributed by atoms with Gasteiger partial charge in [0.25, 0.3) is 0 Å². The Morgan fingerprint density at radius 1 is 1.35 bits per heavy atom. The number of aryl methyl sites for hydroxylation is 1. The second kappa shape index (κ2) is 4.88. The second-order valence-corrected chi connectivity index (χ2v) is 5.32. The zero-order chi connectivity index (χ0) is 14.3. The molecule has 7 heteroatoms. The first-order chi connectivity index (χ1) is 9.61. The summed E-state index contributed by atoms with van der Waals surface area (Å²) < 4.78 is 5.07. The molecule has 2 atom stereocenters. The van der Waals surface area contributed by atoms with Crippen molar-refractivity contribution >= 4 is 11.8 Å². The third kappa shape index (κ3) is 1.97. The fourth-order valence-electron chi connectivity index (χ4n) is 3.09. The number of fused-ring (bicyclic) bond motifs is 1. The van der Waals surface area contributed by atoms with Gasteiger partial charge in [-0.05, 0) is 26.2 Å². The lowest BCUT2D eigenvalue weighted by Crippen LogP contribution is -2.62. The number of rotatable bonds is 3. The van der Waals surface area contributed by atoms with Gasteiger partial charge in [0.2, 0.25) is 17.7 Å². The number of amides is 2. The Morgan fingerprint density at radius 2 is 2.15 bits per heavy atom. The minimum absolute atomic E-state index is 0.00445. The highest BCUT2D eigenvalue weighted by Gasteiger charge is 2.47. The van der Waals surface area contributed by atoms with Gasteiger partial charge in [0.1, 0.15) is 18.6 Å². The summed E-state index contributed by atoms with van der Waals surface area (Å²) in [5.41, 5.74) is 0. The van der Waals surface area contributed by atoms with Gasteiger partial charge in [0, 0.05) is 6.54 Å². The fraction of sp³-hybridized carbons (Fsp3) is 0.692. The predicted molar refractivity (Wildman–Crippen MR) is 68.4 cm³/mol. The molecule has 2 aliphatic heterocycles. The van der Waals surface area contributed by atoms with Crippen molar-refractivity contribution in [1.82, 2.24) is 19.9 Å². The van der Waals surface area contributed by atoms with E-state index in [-0.39, 0.29) is 24.4 Å². The summed E-state index contributed by atoms with van der Waals surface area (Å²) in [7, 11) is 0. The average Bonchev–Trinajstić information content (AvgIpc) is 3.05. The number of nitrogens with zero attached hydrogens (tertiary/aromatic N) is 4. The van der Waals surface area contributed by atoms with E-state index in [0.29, 0.717) is 24.7 Å². The Kier molecular flexibility index (Phi) is 3.19. The van der Waals surface area contributed by atoms with E-state index in [4.69, 9.17) is 4.52 Å². The maximum atomic E-state index is 12.6. The number of carbonyl (C=O) groups excluding carboxylic acids is 2. The van der Waals surface area contributed by atoms with Crippen molar-refractivity contribution in [2.45, 2.75) is 51.7 Å². The van der Waals surface area contributed by atoms with Gasteiger partial charge in [0.05, 0.1) is 0 Å². The molecule has 3 heterocycles. The summed E-state index contributed by atoms with van der Waals surface area (Å²) in [4.78, 5) is 32.5. The van der Waals surface area contributed by atoms with E-state index in [1.165, 1.54) is 0 Å². The van der Waals surface area contributed by atoms with Crippen LogP contribution < -0.4 is 0 Å². The van der Waals surface area contributed by atoms with Crippen molar-refractivity contribution in [1.29, 1.82) is 0 Å². The SMILES string of the molecule is CCC1C(=O)N2CCCC2C(=O)N1Cc1nc(C)no1. The van der Waals surface area contributed by atoms with Crippen LogP contribution in [0.25, 0.3) is 0 Å². The Balaban J connectivity index is 1.86. The van der Waals surface area contributed by atoms with Crippen molar-refractivity contribution in [3.63, 3.8) is 0 Å². The van der Waals surface area contributed by atoms with Gasteiger partial charge in [-0.2, -0.15) is 4.98 Å². The summed E-state index contributed by atoms with van der Waals surface area (Å²) in [5.74, 6) is 0.968. The van der Waals surface area contributed by atoms with Crippen molar-refractivity contribution in [3.05, 3.63) is 11.7 Å². The van der Waals surface area contributed by atoms with Crippen LogP contribution in [0.4, 0.5) is 0 Å². The van der Waals surface area contributed by atoms with E-state index >= 15 is 0 Å². The zero-order valence-electron chi connectivity index (χ0n) is 11.7. The van der Waals surface area contributed by atoms with Crippen LogP contribution in [-0.4, -0.2) is 50.4 Å². The lowest BCUT2D eigenvalue weighted by atomic mass is 10.0. The summed E-state index contributed by atoms with van der Waals surface area (Å²) in [5, 5.41) is 3.72. The predicted octanol–water partition coefficient (Wildman–Crippen LogP) is 0.490. The molecule has 0 N–H and O–H groups in total. The molecule has 20 heavy (non-hydrogen) atoms. The lowest BCUT2D eigenvalue weighted by molar-refractivity contribution is -0.160. The van der Waals surface area contributed by atoms with Gasteiger partial charge in [-0.3, -0.25) is 9.59 Å². The quantitative estimate of drug-likeness (QED) is 0.804. The Bertz CT molecular complexity index is 541. The Morgan fingerprint density at radius 3 is 2.80 bits per heavy atom. The molecule has 2 fully saturated rings. The third-order valence-electron chi connectivity index (χ3n) is 4.03. The molecule has 108 valence electrons. The van der Waals surface area contributed by atoms with Crippen LogP contribution in [0, 0.1) is 6.92 Å². The molecule has 2 saturated heterocycles. The van der Waals surface area contributed by atoms with Crippen LogP contribution in [0.1, 0.15) is 37.9 Å². The second-order valence-electron chi connectivity index (χ2n) is 5.32. The smallest absolute Gasteiger partial charge is 0.246 e. The molecule has 0 radical (unpaired) electrons. The molecular formula is C13H18N4O3. The van der Waals surface area contributed by atoms with Gasteiger partial charge < -0.3 is 14.3 Å². The molecule has 0 aromatic carbocycles. The monoisotopic (exact) mass is 278 g/mol. The van der Waals surface area contributed by atoms with Gasteiger partial charge in [0.15, 0.2) is 5.82 Å². The largest absolute Gasteiger partial charge is 0.337 e. The molecule has 7 nitrogen and oxygen atoms in total. The van der Waals surface area contributed by atoms with E-state index in [2.05, 4.69) is 10.1 Å². The van der Waals surface area contributed by atoms with Gasteiger partial charge >= 0.3 is 0 Å². The molecule has 2 aliphatic rings. The van der Waals surface area contributed by atoms with Gasteiger partial charge in [-0.1, -0.05) is 12.1 Å². The number of aromatic nitrogens is 2. The molecule has 2 unspecified atom stereocenters. The van der Waals surface area contributed by atoms with E-state index < -0.39 is 6.04 Å². The van der Waals surface area contributed by atoms with E-state index in [9.17, 15) is 9.59 Å². The van der Waals surface area contributed by atoms with Crippen molar-refractivity contribution in [3.8, 4) is 0 Å². The van der Waals surface area contributed by atoms with Crippen LogP contribution >= 0.6 is 0 Å². The summed E-state index contributed by atoms with van der Waals surface area (Å²) in [6, 6.07) is -0.710. The first-order valence-corrected chi connectivity index (χ1v) is 7.02. The lowest BCUT2D eigenvalue weighted by Gasteiger charge is -2.41. The van der Waals surface area contributed by atoms with Crippen molar-refractivity contribution in [2.75, 3.05) is 6.54 Å². The number of hydrogen-bond donors (Lipinski definition) is 0. The molecule has 0 aliphatic carbocycles. The molecule has 1 aromatic rings. The highest BCUT2D eigenvalue weighted by molar-refractivity contribution is 5.97. The normalized spacial score (nSPS) is 26.3. The molecule has 3 rings (SSSR count). The van der Waals surface area contributed by atoms with E-state index in [1.54, 1.807) is 16.7 Å². The maximum absolute atomic E-state index is 12.6. The minimum Gasteiger partial charge on any atom is -0.337 e. The van der Waals surface area contributed by atoms with Crippen LogP contribution in [-0.2, 0) is 16.1 Å². The fourth-order valence-corrected chi connectivity index (χ4v) is 3.09. The van der Waals surface area contributed by atoms with Crippen LogP contribution in [0.3, 0.4) is 0 Å². The third-order valence-corrected chi connectivity index (χ3v) is 4.03. The summed E-state index contributed by atoms with van der Waals surface area (Å²) in [6.45, 7) is 4.55. The summed E-state index contributed by atoms with van der Waals surface area (Å²) >= 11 is 0. The highest BCUT2D eigenvalue weighted by Crippen LogP contribution is 2.28. The maximum Gasteiger partial charge on any atom is 0.246 e. The summed E-state index contributed by atoms with van der Waals surface area (Å²) in [6.07, 6.45) is 2.24. The van der Waals surface area contributed by atoms with Crippen LogP contribution in [0.5, 0.6) is 0 Å². The zero-order valence-corrected chi connectivity index (χ0v) is 11.7. The first-order valence-electron chi connectivity index (χ1n) is 7.02. The standard InChI is InChI=1S/C13H18N4O3/c1-3-9-12(18)16-6-4-5-10(16)13(19)17(9)7-11-14-8(2)15-20-11/h9-10H,3-7H2,1-2H3. The minimum atomic E-state index is -0.413. The topological polar surface area (TPSA) is 79.5 Å². The number of hydrogen-bond acceptors (Lipinski definition) is 5. The molecule has 0 saturated carbocycles. The number of piperazine rings is 1. The van der Waals surface area contributed by atoms with Gasteiger partial charge in [-0.25, -0.2) is 0 Å². The molecule has 1 aromatic heterocycles.